The molecule has 0 aromatic rings. The molecule has 0 saturated heterocycles. The fraction of sp³-hybridized carbons (Fsp3) is 0.882. The first-order chi connectivity index (χ1) is 11.0. The van der Waals surface area contributed by atoms with Gasteiger partial charge in [0.1, 0.15) is 6.04 Å². The second kappa shape index (κ2) is 13.6. The Bertz CT molecular complexity index is 326. The molecule has 0 aromatic carbocycles. The van der Waals surface area contributed by atoms with Crippen molar-refractivity contribution in [1.29, 1.82) is 1.43 Å². The summed E-state index contributed by atoms with van der Waals surface area (Å²) in [5, 5.41) is 12.8. The highest BCUT2D eigenvalue weighted by atomic mass is 16.4. The summed E-state index contributed by atoms with van der Waals surface area (Å²) in [6.45, 7) is 2.22. The molecule has 0 heterocycles. The van der Waals surface area contributed by atoms with Gasteiger partial charge < -0.3 is 15.9 Å². The van der Waals surface area contributed by atoms with Gasteiger partial charge in [-0.05, 0) is 12.8 Å². The Morgan fingerprint density at radius 2 is 1.45 bits per heavy atom. The second-order valence-corrected chi connectivity index (χ2v) is 6.17. The van der Waals surface area contributed by atoms with E-state index in [2.05, 4.69) is 12.0 Å². The first-order valence-corrected chi connectivity index (χ1v) is 8.68. The van der Waals surface area contributed by atoms with Crippen LogP contribution in [0.15, 0.2) is 0 Å². The van der Waals surface area contributed by atoms with Gasteiger partial charge in [-0.2, -0.15) is 0 Å². The largest absolute Gasteiger partial charge is 0.481 e. The zero-order valence-corrected chi connectivity index (χ0v) is 13.9. The molecule has 0 bridgehead atoms. The quantitative estimate of drug-likeness (QED) is 0.399. The van der Waals surface area contributed by atoms with Gasteiger partial charge in [0.15, 0.2) is 0 Å². The van der Waals surface area contributed by atoms with E-state index in [0.717, 1.165) is 19.3 Å². The van der Waals surface area contributed by atoms with Crippen molar-refractivity contribution >= 4 is 11.9 Å². The molecular formula is C17H33NO4. The molecule has 0 radical (unpaired) electrons. The molecule has 2 atom stereocenters. The third kappa shape index (κ3) is 11.5. The second-order valence-electron chi connectivity index (χ2n) is 6.17. The number of unbranched alkanes of at least 4 members (excludes halogenated alkanes) is 9. The molecule has 0 saturated carbocycles. The molecule has 1 unspecified atom stereocenters. The number of aliphatic carboxylic acids is 2. The number of hydrogen-bond acceptors (Lipinski definition) is 4. The first kappa shape index (κ1) is 18.9. The normalized spacial score (nSPS) is 14.2. The lowest BCUT2D eigenvalue weighted by Gasteiger charge is -2.14. The number of carbonyl (C=O) groups is 2. The molecule has 130 valence electrons. The van der Waals surface area contributed by atoms with Gasteiger partial charge in [-0.3, -0.25) is 9.59 Å². The minimum Gasteiger partial charge on any atom is -0.481 e. The zero-order valence-electron chi connectivity index (χ0n) is 14.9. The van der Waals surface area contributed by atoms with Crippen molar-refractivity contribution in [1.82, 2.24) is 0 Å². The summed E-state index contributed by atoms with van der Waals surface area (Å²) < 4.78 is 6.69. The number of rotatable bonds is 15. The van der Waals surface area contributed by atoms with Crippen molar-refractivity contribution in [3.8, 4) is 0 Å². The topological polar surface area (TPSA) is 101 Å². The Hall–Kier alpha value is -1.10. The lowest BCUT2D eigenvalue weighted by Crippen LogP contribution is -2.34. The standard InChI is InChI=1S/C17H33NO4/c1-2-3-4-5-6-7-8-9-10-11-12-14(16(19)20)13-15(18)17(21)22/h14-15H,2-13,18H2,1H3,(H,19,20)(H,21,22)/t14?,15-/m0/s1/i/hD. The number of hydrogen-bond donors (Lipinski definition) is 3. The molecule has 5 nitrogen and oxygen atoms in total. The van der Waals surface area contributed by atoms with E-state index in [1.165, 1.54) is 44.9 Å². The maximum absolute atomic E-state index is 11.5. The molecule has 0 spiro atoms. The van der Waals surface area contributed by atoms with Crippen LogP contribution in [0, 0.1) is 5.92 Å². The van der Waals surface area contributed by atoms with Gasteiger partial charge in [-0.1, -0.05) is 71.1 Å². The fourth-order valence-electron chi connectivity index (χ4n) is 2.62. The van der Waals surface area contributed by atoms with Crippen molar-refractivity contribution < 1.29 is 19.8 Å². The lowest BCUT2D eigenvalue weighted by atomic mass is 9.94. The smallest absolute Gasteiger partial charge is 0.320 e. The van der Waals surface area contributed by atoms with Gasteiger partial charge in [-0.15, -0.1) is 0 Å². The summed E-state index contributed by atoms with van der Waals surface area (Å²) in [5.74, 6) is -2.40. The number of carboxylic acid groups (broad SMARTS) is 2. The van der Waals surface area contributed by atoms with Crippen molar-refractivity contribution in [3.05, 3.63) is 0 Å². The van der Waals surface area contributed by atoms with E-state index in [4.69, 9.17) is 12.3 Å². The van der Waals surface area contributed by atoms with E-state index < -0.39 is 23.9 Å². The summed E-state index contributed by atoms with van der Waals surface area (Å²) in [6, 6.07) is -1.08. The van der Waals surface area contributed by atoms with E-state index in [1.54, 1.807) is 0 Å². The van der Waals surface area contributed by atoms with Crippen molar-refractivity contribution in [2.24, 2.45) is 11.7 Å². The lowest BCUT2D eigenvalue weighted by molar-refractivity contribution is -0.143. The fourth-order valence-corrected chi connectivity index (χ4v) is 2.62. The van der Waals surface area contributed by atoms with Crippen LogP contribution in [0.2, 0.25) is 0 Å². The SMILES string of the molecule is [2H]OC(=O)C(CCCCCCCCCCCC)C[C@H](N)C(=O)O. The Morgan fingerprint density at radius 3 is 1.91 bits per heavy atom. The van der Waals surface area contributed by atoms with E-state index in [9.17, 15) is 9.59 Å². The maximum atomic E-state index is 11.5. The van der Waals surface area contributed by atoms with E-state index in [1.807, 2.05) is 0 Å². The minimum atomic E-state index is -1.13. The molecule has 0 aliphatic rings. The average Bonchev–Trinajstić information content (AvgIpc) is 2.54. The highest BCUT2D eigenvalue weighted by molar-refractivity contribution is 5.75. The third-order valence-electron chi connectivity index (χ3n) is 4.10. The van der Waals surface area contributed by atoms with Crippen molar-refractivity contribution in [2.45, 2.75) is 90.0 Å². The van der Waals surface area contributed by atoms with Gasteiger partial charge in [0.05, 0.1) is 5.92 Å². The third-order valence-corrected chi connectivity index (χ3v) is 4.10. The Kier molecular flexibility index (Phi) is 11.7. The van der Waals surface area contributed by atoms with Crippen LogP contribution in [-0.2, 0) is 9.59 Å². The van der Waals surface area contributed by atoms with Crippen molar-refractivity contribution in [2.75, 3.05) is 0 Å². The Morgan fingerprint density at radius 1 is 0.955 bits per heavy atom. The van der Waals surface area contributed by atoms with Gasteiger partial charge in [-0.25, -0.2) is 0 Å². The predicted molar refractivity (Wildman–Crippen MR) is 87.8 cm³/mol. The molecule has 0 rings (SSSR count). The molecule has 0 aliphatic carbocycles. The van der Waals surface area contributed by atoms with Crippen LogP contribution >= 0.6 is 0 Å². The molecule has 22 heavy (non-hydrogen) atoms. The van der Waals surface area contributed by atoms with Crippen LogP contribution in [0.3, 0.4) is 0 Å². The summed E-state index contributed by atoms with van der Waals surface area (Å²) in [4.78, 5) is 22.3. The first-order valence-electron chi connectivity index (χ1n) is 9.09. The van der Waals surface area contributed by atoms with Crippen LogP contribution in [0.25, 0.3) is 1.43 Å². The number of carboxylic acids is 2. The van der Waals surface area contributed by atoms with Gasteiger partial charge in [0, 0.05) is 0 Å². The summed E-state index contributed by atoms with van der Waals surface area (Å²) in [7, 11) is 0. The van der Waals surface area contributed by atoms with Crippen LogP contribution < -0.4 is 5.73 Å². The summed E-state index contributed by atoms with van der Waals surface area (Å²) in [5.41, 5.74) is 5.46. The van der Waals surface area contributed by atoms with Crippen molar-refractivity contribution in [3.63, 3.8) is 0 Å². The van der Waals surface area contributed by atoms with Crippen LogP contribution in [-0.4, -0.2) is 28.2 Å². The van der Waals surface area contributed by atoms with Crippen LogP contribution in [0.4, 0.5) is 0 Å². The van der Waals surface area contributed by atoms with E-state index >= 15 is 0 Å². The van der Waals surface area contributed by atoms with Crippen LogP contribution in [0.5, 0.6) is 0 Å². The molecule has 0 aromatic heterocycles. The van der Waals surface area contributed by atoms with Gasteiger partial charge in [0.25, 0.3) is 1.43 Å². The summed E-state index contributed by atoms with van der Waals surface area (Å²) in [6.07, 6.45) is 12.5. The minimum absolute atomic E-state index is 0.0322. The summed E-state index contributed by atoms with van der Waals surface area (Å²) >= 11 is 0. The molecular weight excluding hydrogens is 282 g/mol. The Labute approximate surface area is 135 Å². The highest BCUT2D eigenvalue weighted by Gasteiger charge is 2.23. The van der Waals surface area contributed by atoms with E-state index in [-0.39, 0.29) is 6.42 Å². The molecule has 5 heteroatoms. The highest BCUT2D eigenvalue weighted by Crippen LogP contribution is 2.17. The molecule has 0 fully saturated rings. The molecule has 0 aliphatic heterocycles. The van der Waals surface area contributed by atoms with Gasteiger partial charge >= 0.3 is 11.9 Å². The Balaban J connectivity index is 3.75. The zero-order chi connectivity index (χ0) is 17.5. The van der Waals surface area contributed by atoms with Gasteiger partial charge in [0.2, 0.25) is 0 Å². The van der Waals surface area contributed by atoms with E-state index in [0.29, 0.717) is 6.42 Å². The average molecular weight is 316 g/mol. The predicted octanol–water partition coefficient (Wildman–Crippen LogP) is 3.80. The maximum Gasteiger partial charge on any atom is 0.320 e. The monoisotopic (exact) mass is 316 g/mol. The number of nitrogens with two attached hydrogens (primary N) is 1. The molecule has 4 N–H and O–H groups in total. The van der Waals surface area contributed by atoms with Crippen LogP contribution in [0.1, 0.15) is 84.0 Å². The molecule has 0 amide bonds.